The molecule has 2 rings (SSSR count). The van der Waals surface area contributed by atoms with Gasteiger partial charge in [-0.1, -0.05) is 12.1 Å². The molecule has 1 unspecified atom stereocenters. The van der Waals surface area contributed by atoms with Gasteiger partial charge in [-0.3, -0.25) is 0 Å². The maximum atomic E-state index is 3.51. The van der Waals surface area contributed by atoms with Crippen LogP contribution in [0.1, 0.15) is 16.5 Å². The van der Waals surface area contributed by atoms with Crippen molar-refractivity contribution in [2.24, 2.45) is 0 Å². The number of hydrogen-bond acceptors (Lipinski definition) is 3. The molecule has 96 valence electrons. The second-order valence-corrected chi connectivity index (χ2v) is 6.84. The zero-order valence-electron chi connectivity index (χ0n) is 10.4. The average molecular weight is 342 g/mol. The second kappa shape index (κ2) is 6.75. The molecular weight excluding hydrogens is 326 g/mol. The summed E-state index contributed by atoms with van der Waals surface area (Å²) in [7, 11) is 2.02. The predicted molar refractivity (Wildman–Crippen MR) is 85.7 cm³/mol. The lowest BCUT2D eigenvalue weighted by molar-refractivity contribution is 0.596. The van der Waals surface area contributed by atoms with Crippen molar-refractivity contribution in [1.29, 1.82) is 0 Å². The zero-order valence-corrected chi connectivity index (χ0v) is 13.7. The van der Waals surface area contributed by atoms with Gasteiger partial charge in [0.1, 0.15) is 0 Å². The Hall–Kier alpha value is -0.290. The molecule has 1 aromatic heterocycles. The second-order valence-electron chi connectivity index (χ2n) is 4.05. The number of halogens is 1. The van der Waals surface area contributed by atoms with Crippen molar-refractivity contribution in [2.45, 2.75) is 17.4 Å². The van der Waals surface area contributed by atoms with Gasteiger partial charge in [0.05, 0.1) is 0 Å². The topological polar surface area (TPSA) is 12.0 Å². The van der Waals surface area contributed by atoms with Gasteiger partial charge in [-0.15, -0.1) is 23.1 Å². The molecule has 1 N–H and O–H groups in total. The predicted octanol–water partition coefficient (Wildman–Crippen LogP) is 4.74. The highest BCUT2D eigenvalue weighted by atomic mass is 79.9. The van der Waals surface area contributed by atoms with E-state index in [1.165, 1.54) is 19.8 Å². The van der Waals surface area contributed by atoms with E-state index in [0.29, 0.717) is 6.04 Å². The lowest BCUT2D eigenvalue weighted by Crippen LogP contribution is -2.18. The summed E-state index contributed by atoms with van der Waals surface area (Å²) in [6.07, 6.45) is 3.14. The first kappa shape index (κ1) is 14.1. The fourth-order valence-corrected chi connectivity index (χ4v) is 3.79. The molecule has 0 aliphatic rings. The molecule has 2 aromatic rings. The summed E-state index contributed by atoms with van der Waals surface area (Å²) in [5.41, 5.74) is 1.35. The van der Waals surface area contributed by atoms with Crippen molar-refractivity contribution in [3.8, 4) is 0 Å². The average Bonchev–Trinajstić information content (AvgIpc) is 2.82. The lowest BCUT2D eigenvalue weighted by Gasteiger charge is -2.16. The highest BCUT2D eigenvalue weighted by Gasteiger charge is 2.11. The number of rotatable bonds is 5. The summed E-state index contributed by atoms with van der Waals surface area (Å²) in [6.45, 7) is 0. The summed E-state index contributed by atoms with van der Waals surface area (Å²) < 4.78 is 1.18. The van der Waals surface area contributed by atoms with Gasteiger partial charge in [-0.05, 0) is 53.0 Å². The van der Waals surface area contributed by atoms with E-state index in [4.69, 9.17) is 0 Å². The van der Waals surface area contributed by atoms with E-state index in [2.05, 4.69) is 63.2 Å². The van der Waals surface area contributed by atoms with Gasteiger partial charge in [0, 0.05) is 32.1 Å². The molecule has 4 heteroatoms. The van der Waals surface area contributed by atoms with Gasteiger partial charge in [0.2, 0.25) is 0 Å². The van der Waals surface area contributed by atoms with Crippen molar-refractivity contribution >= 4 is 39.0 Å². The quantitative estimate of drug-likeness (QED) is 0.788. The number of thiophene rings is 1. The van der Waals surface area contributed by atoms with Crippen molar-refractivity contribution < 1.29 is 0 Å². The van der Waals surface area contributed by atoms with Gasteiger partial charge < -0.3 is 5.32 Å². The molecule has 0 saturated carbocycles. The van der Waals surface area contributed by atoms with Crippen molar-refractivity contribution in [1.82, 2.24) is 5.32 Å². The first-order chi connectivity index (χ1) is 8.72. The monoisotopic (exact) mass is 341 g/mol. The Morgan fingerprint density at radius 3 is 2.56 bits per heavy atom. The molecule has 18 heavy (non-hydrogen) atoms. The van der Waals surface area contributed by atoms with E-state index < -0.39 is 0 Å². The van der Waals surface area contributed by atoms with Crippen LogP contribution in [0.5, 0.6) is 0 Å². The van der Waals surface area contributed by atoms with Gasteiger partial charge in [-0.25, -0.2) is 0 Å². The molecule has 0 bridgehead atoms. The van der Waals surface area contributed by atoms with E-state index in [0.717, 1.165) is 6.42 Å². The number of benzene rings is 1. The third-order valence-electron chi connectivity index (χ3n) is 2.89. The Bertz CT molecular complexity index is 493. The summed E-state index contributed by atoms with van der Waals surface area (Å²) in [5.74, 6) is 0. The van der Waals surface area contributed by atoms with E-state index in [-0.39, 0.29) is 0 Å². The number of likely N-dealkylation sites (N-methyl/N-ethyl adjacent to an activating group) is 1. The normalized spacial score (nSPS) is 12.6. The minimum Gasteiger partial charge on any atom is -0.313 e. The van der Waals surface area contributed by atoms with Crippen LogP contribution in [0, 0.1) is 0 Å². The minimum absolute atomic E-state index is 0.381. The summed E-state index contributed by atoms with van der Waals surface area (Å²) in [6, 6.07) is 11.4. The minimum atomic E-state index is 0.381. The van der Waals surface area contributed by atoms with E-state index in [1.807, 2.05) is 7.05 Å². The summed E-state index contributed by atoms with van der Waals surface area (Å²) >= 11 is 7.09. The molecule has 0 fully saturated rings. The molecule has 0 amide bonds. The number of thioether (sulfide) groups is 1. The first-order valence-corrected chi connectivity index (χ1v) is 8.67. The van der Waals surface area contributed by atoms with Crippen LogP contribution in [-0.2, 0) is 6.42 Å². The summed E-state index contributed by atoms with van der Waals surface area (Å²) in [4.78, 5) is 2.71. The van der Waals surface area contributed by atoms with Crippen LogP contribution in [0.25, 0.3) is 0 Å². The fourth-order valence-electron chi connectivity index (χ4n) is 1.88. The third-order valence-corrected chi connectivity index (χ3v) is 5.36. The number of hydrogen-bond donors (Lipinski definition) is 1. The Morgan fingerprint density at radius 2 is 2.06 bits per heavy atom. The third kappa shape index (κ3) is 3.60. The Labute approximate surface area is 125 Å². The Kier molecular flexibility index (Phi) is 5.30. The van der Waals surface area contributed by atoms with Crippen molar-refractivity contribution in [2.75, 3.05) is 13.3 Å². The maximum Gasteiger partial charge on any atom is 0.0366 e. The van der Waals surface area contributed by atoms with Crippen LogP contribution in [-0.4, -0.2) is 13.3 Å². The van der Waals surface area contributed by atoms with E-state index in [9.17, 15) is 0 Å². The first-order valence-electron chi connectivity index (χ1n) is 5.77. The molecule has 0 aliphatic carbocycles. The number of nitrogens with one attached hydrogen (secondary N) is 1. The zero-order chi connectivity index (χ0) is 13.0. The highest BCUT2D eigenvalue weighted by Crippen LogP contribution is 2.26. The van der Waals surface area contributed by atoms with E-state index >= 15 is 0 Å². The molecule has 0 spiro atoms. The van der Waals surface area contributed by atoms with Crippen LogP contribution < -0.4 is 5.32 Å². The standard InChI is InChI=1S/C14H16BrNS2/c1-16-14(8-13-7-11(15)9-18-13)10-3-5-12(17-2)6-4-10/h3-7,9,14,16H,8H2,1-2H3. The summed E-state index contributed by atoms with van der Waals surface area (Å²) in [5, 5.41) is 5.54. The molecule has 0 radical (unpaired) electrons. The van der Waals surface area contributed by atoms with Crippen LogP contribution in [0.4, 0.5) is 0 Å². The Balaban J connectivity index is 2.12. The smallest absolute Gasteiger partial charge is 0.0366 e. The molecule has 0 saturated heterocycles. The molecule has 1 heterocycles. The van der Waals surface area contributed by atoms with Crippen molar-refractivity contribution in [3.63, 3.8) is 0 Å². The van der Waals surface area contributed by atoms with Gasteiger partial charge in [0.15, 0.2) is 0 Å². The van der Waals surface area contributed by atoms with Gasteiger partial charge in [0.25, 0.3) is 0 Å². The fraction of sp³-hybridized carbons (Fsp3) is 0.286. The molecule has 0 aliphatic heterocycles. The molecular formula is C14H16BrNS2. The SMILES string of the molecule is CNC(Cc1cc(Br)cs1)c1ccc(SC)cc1. The Morgan fingerprint density at radius 1 is 1.33 bits per heavy atom. The van der Waals surface area contributed by atoms with Crippen LogP contribution >= 0.6 is 39.0 Å². The van der Waals surface area contributed by atoms with Crippen LogP contribution in [0.2, 0.25) is 0 Å². The largest absolute Gasteiger partial charge is 0.313 e. The van der Waals surface area contributed by atoms with Gasteiger partial charge in [-0.2, -0.15) is 0 Å². The highest BCUT2D eigenvalue weighted by molar-refractivity contribution is 9.10. The van der Waals surface area contributed by atoms with Crippen LogP contribution in [0.3, 0.4) is 0 Å². The maximum absolute atomic E-state index is 3.51. The van der Waals surface area contributed by atoms with Crippen LogP contribution in [0.15, 0.2) is 45.1 Å². The molecule has 1 nitrogen and oxygen atoms in total. The van der Waals surface area contributed by atoms with Crippen molar-refractivity contribution in [3.05, 3.63) is 50.6 Å². The molecule has 1 aromatic carbocycles. The van der Waals surface area contributed by atoms with E-state index in [1.54, 1.807) is 23.1 Å². The lowest BCUT2D eigenvalue weighted by atomic mass is 10.0. The van der Waals surface area contributed by atoms with Gasteiger partial charge >= 0.3 is 0 Å². The molecule has 1 atom stereocenters.